The molecule has 0 aromatic heterocycles. The molecule has 3 N–H and O–H groups in total. The van der Waals surface area contributed by atoms with E-state index in [1.54, 1.807) is 7.11 Å². The van der Waals surface area contributed by atoms with Crippen molar-refractivity contribution in [2.75, 3.05) is 31.7 Å². The van der Waals surface area contributed by atoms with Gasteiger partial charge < -0.3 is 15.4 Å². The minimum atomic E-state index is -4.38. The molecule has 118 valence electrons. The molecule has 0 aliphatic rings. The van der Waals surface area contributed by atoms with E-state index in [1.165, 1.54) is 6.07 Å². The van der Waals surface area contributed by atoms with Crippen molar-refractivity contribution in [3.8, 4) is 0 Å². The fourth-order valence-electron chi connectivity index (χ4n) is 1.75. The van der Waals surface area contributed by atoms with Gasteiger partial charge in [0.1, 0.15) is 0 Å². The third-order valence-electron chi connectivity index (χ3n) is 2.83. The number of ether oxygens (including phenoxy) is 1. The minimum absolute atomic E-state index is 0.0282. The molecule has 21 heavy (non-hydrogen) atoms. The van der Waals surface area contributed by atoms with Crippen LogP contribution in [0.2, 0.25) is 0 Å². The van der Waals surface area contributed by atoms with E-state index in [9.17, 15) is 13.2 Å². The highest BCUT2D eigenvalue weighted by Gasteiger charge is 2.31. The van der Waals surface area contributed by atoms with Gasteiger partial charge in [-0.1, -0.05) is 0 Å². The van der Waals surface area contributed by atoms with Crippen molar-refractivity contribution in [1.29, 1.82) is 5.41 Å². The number of rotatable bonds is 7. The second-order valence-electron chi connectivity index (χ2n) is 4.42. The van der Waals surface area contributed by atoms with E-state index in [2.05, 4.69) is 15.9 Å². The monoisotopic (exact) mass is 367 g/mol. The van der Waals surface area contributed by atoms with Crippen molar-refractivity contribution >= 4 is 27.5 Å². The van der Waals surface area contributed by atoms with Crippen LogP contribution in [0.1, 0.15) is 12.0 Å². The lowest BCUT2D eigenvalue weighted by Gasteiger charge is -2.26. The lowest BCUT2D eigenvalue weighted by molar-refractivity contribution is -0.137. The second-order valence-corrected chi connectivity index (χ2v) is 5.27. The van der Waals surface area contributed by atoms with Crippen molar-refractivity contribution in [2.24, 2.45) is 5.73 Å². The van der Waals surface area contributed by atoms with Gasteiger partial charge in [-0.25, -0.2) is 0 Å². The van der Waals surface area contributed by atoms with Gasteiger partial charge in [0.2, 0.25) is 0 Å². The predicted octanol–water partition coefficient (Wildman–Crippen LogP) is 3.25. The van der Waals surface area contributed by atoms with Crippen LogP contribution in [0.15, 0.2) is 22.7 Å². The molecule has 0 radical (unpaired) electrons. The highest BCUT2D eigenvalue weighted by atomic mass is 79.9. The highest BCUT2D eigenvalue weighted by Crippen LogP contribution is 2.35. The summed E-state index contributed by atoms with van der Waals surface area (Å²) in [5.74, 6) is 0.0282. The molecule has 8 heteroatoms. The molecule has 0 saturated carbocycles. The SMILES string of the molecule is COCCN(CCC(=N)N)c1ccc(C(F)(F)F)cc1Br. The zero-order chi connectivity index (χ0) is 16.0. The number of halogens is 4. The smallest absolute Gasteiger partial charge is 0.388 e. The van der Waals surface area contributed by atoms with Crippen LogP contribution >= 0.6 is 15.9 Å². The van der Waals surface area contributed by atoms with Gasteiger partial charge in [0.05, 0.1) is 23.7 Å². The summed E-state index contributed by atoms with van der Waals surface area (Å²) in [6.45, 7) is 1.35. The molecule has 4 nitrogen and oxygen atoms in total. The Hall–Kier alpha value is -1.28. The predicted molar refractivity (Wildman–Crippen MR) is 79.8 cm³/mol. The molecule has 1 aromatic carbocycles. The standard InChI is InChI=1S/C13H17BrF3N3O/c1-21-7-6-20(5-4-12(18)19)11-3-2-9(8-10(11)14)13(15,16)17/h2-3,8H,4-7H2,1H3,(H3,18,19). The fraction of sp³-hybridized carbons (Fsp3) is 0.462. The number of nitrogens with two attached hydrogens (primary N) is 1. The first-order valence-corrected chi connectivity index (χ1v) is 6.98. The van der Waals surface area contributed by atoms with E-state index in [-0.39, 0.29) is 5.84 Å². The lowest BCUT2D eigenvalue weighted by atomic mass is 10.2. The maximum atomic E-state index is 12.7. The van der Waals surface area contributed by atoms with Gasteiger partial charge in [0.15, 0.2) is 0 Å². The molecule has 0 heterocycles. The molecule has 0 unspecified atom stereocenters. The Morgan fingerprint density at radius 1 is 1.38 bits per heavy atom. The maximum Gasteiger partial charge on any atom is 0.416 e. The Kier molecular flexibility index (Phi) is 6.47. The first kappa shape index (κ1) is 17.8. The van der Waals surface area contributed by atoms with Crippen LogP contribution in [0.5, 0.6) is 0 Å². The molecule has 1 rings (SSSR count). The zero-order valence-corrected chi connectivity index (χ0v) is 13.1. The van der Waals surface area contributed by atoms with E-state index >= 15 is 0 Å². The van der Waals surface area contributed by atoms with Gasteiger partial charge in [-0.2, -0.15) is 13.2 Å². The lowest BCUT2D eigenvalue weighted by Crippen LogP contribution is -2.31. The Morgan fingerprint density at radius 3 is 2.52 bits per heavy atom. The molecule has 0 aliphatic carbocycles. The van der Waals surface area contributed by atoms with Crippen molar-refractivity contribution < 1.29 is 17.9 Å². The van der Waals surface area contributed by atoms with E-state index in [1.807, 2.05) is 4.90 Å². The van der Waals surface area contributed by atoms with Gasteiger partial charge in [-0.05, 0) is 34.1 Å². The molecular weight excluding hydrogens is 351 g/mol. The normalized spacial score (nSPS) is 11.5. The Labute approximate surface area is 129 Å². The topological polar surface area (TPSA) is 62.3 Å². The van der Waals surface area contributed by atoms with E-state index < -0.39 is 11.7 Å². The summed E-state index contributed by atoms with van der Waals surface area (Å²) in [5.41, 5.74) is 5.23. The van der Waals surface area contributed by atoms with E-state index in [4.69, 9.17) is 15.9 Å². The van der Waals surface area contributed by atoms with Crippen molar-refractivity contribution in [1.82, 2.24) is 0 Å². The molecule has 0 saturated heterocycles. The van der Waals surface area contributed by atoms with E-state index in [0.717, 1.165) is 12.1 Å². The van der Waals surface area contributed by atoms with Gasteiger partial charge >= 0.3 is 6.18 Å². The van der Waals surface area contributed by atoms with Crippen LogP contribution in [0.3, 0.4) is 0 Å². The number of amidine groups is 1. The molecule has 0 amide bonds. The Morgan fingerprint density at radius 2 is 2.05 bits per heavy atom. The van der Waals surface area contributed by atoms with Gasteiger partial charge in [-0.3, -0.25) is 5.41 Å². The van der Waals surface area contributed by atoms with Gasteiger partial charge in [-0.15, -0.1) is 0 Å². The van der Waals surface area contributed by atoms with Crippen LogP contribution in [-0.4, -0.2) is 32.6 Å². The first-order valence-electron chi connectivity index (χ1n) is 6.19. The number of benzene rings is 1. The summed E-state index contributed by atoms with van der Waals surface area (Å²) in [6.07, 6.45) is -4.05. The third kappa shape index (κ3) is 5.55. The number of hydrogen-bond acceptors (Lipinski definition) is 3. The van der Waals surface area contributed by atoms with Gasteiger partial charge in [0.25, 0.3) is 0 Å². The molecule has 0 fully saturated rings. The summed E-state index contributed by atoms with van der Waals surface area (Å²) in [5, 5.41) is 7.26. The quantitative estimate of drug-likeness (QED) is 0.574. The molecule has 0 aliphatic heterocycles. The van der Waals surface area contributed by atoms with Crippen LogP contribution in [0.25, 0.3) is 0 Å². The Bertz CT molecular complexity index is 494. The molecule has 0 atom stereocenters. The number of nitrogens with one attached hydrogen (secondary N) is 1. The largest absolute Gasteiger partial charge is 0.416 e. The van der Waals surface area contributed by atoms with Crippen molar-refractivity contribution in [3.05, 3.63) is 28.2 Å². The highest BCUT2D eigenvalue weighted by molar-refractivity contribution is 9.10. The molecule has 1 aromatic rings. The average Bonchev–Trinajstić information content (AvgIpc) is 2.38. The molecule has 0 bridgehead atoms. The Balaban J connectivity index is 2.98. The number of anilines is 1. The van der Waals surface area contributed by atoms with Crippen LogP contribution < -0.4 is 10.6 Å². The molecular formula is C13H17BrF3N3O. The maximum absolute atomic E-state index is 12.7. The van der Waals surface area contributed by atoms with Crippen LogP contribution in [0.4, 0.5) is 18.9 Å². The number of hydrogen-bond donors (Lipinski definition) is 2. The van der Waals surface area contributed by atoms with Gasteiger partial charge in [0, 0.05) is 31.1 Å². The fourth-order valence-corrected chi connectivity index (χ4v) is 2.38. The third-order valence-corrected chi connectivity index (χ3v) is 3.47. The number of nitrogens with zero attached hydrogens (tertiary/aromatic N) is 1. The minimum Gasteiger partial charge on any atom is -0.388 e. The van der Waals surface area contributed by atoms with E-state index in [0.29, 0.717) is 36.3 Å². The van der Waals surface area contributed by atoms with Crippen molar-refractivity contribution in [3.63, 3.8) is 0 Å². The number of methoxy groups -OCH3 is 1. The summed E-state index contributed by atoms with van der Waals surface area (Å²) in [6, 6.07) is 3.49. The first-order chi connectivity index (χ1) is 9.75. The second kappa shape index (κ2) is 7.65. The summed E-state index contributed by atoms with van der Waals surface area (Å²) < 4.78 is 43.3. The summed E-state index contributed by atoms with van der Waals surface area (Å²) in [7, 11) is 1.55. The van der Waals surface area contributed by atoms with Crippen LogP contribution in [-0.2, 0) is 10.9 Å². The summed E-state index contributed by atoms with van der Waals surface area (Å²) >= 11 is 3.17. The van der Waals surface area contributed by atoms with Crippen molar-refractivity contribution in [2.45, 2.75) is 12.6 Å². The van der Waals surface area contributed by atoms with Crippen LogP contribution in [0, 0.1) is 5.41 Å². The zero-order valence-electron chi connectivity index (χ0n) is 11.5. The summed E-state index contributed by atoms with van der Waals surface area (Å²) in [4.78, 5) is 1.83. The average molecular weight is 368 g/mol. The number of alkyl halides is 3. The molecule has 0 spiro atoms.